The van der Waals surface area contributed by atoms with Gasteiger partial charge >= 0.3 is 0 Å². The zero-order valence-corrected chi connectivity index (χ0v) is 24.8. The average molecular weight is 608 g/mol. The van der Waals surface area contributed by atoms with E-state index in [2.05, 4.69) is 10.6 Å². The van der Waals surface area contributed by atoms with Crippen LogP contribution in [0.2, 0.25) is 0 Å². The predicted molar refractivity (Wildman–Crippen MR) is 162 cm³/mol. The quantitative estimate of drug-likeness (QED) is 0.106. The van der Waals surface area contributed by atoms with Gasteiger partial charge in [0.25, 0.3) is 0 Å². The lowest BCUT2D eigenvalue weighted by atomic mass is 10.0. The first-order valence-corrected chi connectivity index (χ1v) is 15.1. The monoisotopic (exact) mass is 607 g/mol. The Morgan fingerprint density at radius 2 is 1.51 bits per heavy atom. The first-order chi connectivity index (χ1) is 20.8. The predicted octanol–water partition coefficient (Wildman–Crippen LogP) is 4.77. The molecule has 0 aromatic heterocycles. The second-order valence-corrected chi connectivity index (χ2v) is 11.4. The number of hydrogen-bond donors (Lipinski definition) is 5. The van der Waals surface area contributed by atoms with E-state index >= 15 is 0 Å². The molecule has 3 aromatic rings. The molecule has 0 aliphatic carbocycles. The lowest BCUT2D eigenvalue weighted by molar-refractivity contribution is -0.245. The fraction of sp³-hybridized carbons (Fsp3) is 0.344. The van der Waals surface area contributed by atoms with Crippen molar-refractivity contribution in [3.05, 3.63) is 95.1 Å². The van der Waals surface area contributed by atoms with E-state index in [4.69, 9.17) is 14.7 Å². The van der Waals surface area contributed by atoms with Crippen molar-refractivity contribution in [1.29, 1.82) is 0 Å². The van der Waals surface area contributed by atoms with Crippen LogP contribution in [-0.2, 0) is 37.0 Å². The van der Waals surface area contributed by atoms with Gasteiger partial charge in [0.2, 0.25) is 17.7 Å². The van der Waals surface area contributed by atoms with Crippen molar-refractivity contribution >= 4 is 35.2 Å². The smallest absolute Gasteiger partial charge is 0.243 e. The van der Waals surface area contributed by atoms with E-state index in [0.717, 1.165) is 32.8 Å². The highest BCUT2D eigenvalue weighted by Gasteiger charge is 2.32. The first-order valence-electron chi connectivity index (χ1n) is 14.1. The number of carbonyl (C=O) groups excluding carboxylic acids is 3. The van der Waals surface area contributed by atoms with Crippen molar-refractivity contribution in [2.45, 2.75) is 69.2 Å². The zero-order chi connectivity index (χ0) is 30.6. The van der Waals surface area contributed by atoms with E-state index in [9.17, 15) is 19.5 Å². The molecule has 3 unspecified atom stereocenters. The minimum Gasteiger partial charge on any atom is -0.392 e. The molecule has 3 amide bonds. The third kappa shape index (κ3) is 10.2. The summed E-state index contributed by atoms with van der Waals surface area (Å²) in [5, 5.41) is 23.6. The summed E-state index contributed by atoms with van der Waals surface area (Å²) in [7, 11) is 0. The van der Waals surface area contributed by atoms with Gasteiger partial charge in [-0.25, -0.2) is 5.48 Å². The maximum absolute atomic E-state index is 12.1. The summed E-state index contributed by atoms with van der Waals surface area (Å²) in [5.41, 5.74) is 5.92. The van der Waals surface area contributed by atoms with E-state index < -0.39 is 12.2 Å². The minimum absolute atomic E-state index is 0.0226. The standard InChI is InChI=1S/C32H37N3O7S/c1-21(37)34-26-13-15-28(16-14-26)43-20-27-17-29(24-9-7-23(19-36)8-10-24)42-32(41-27)25-11-5-22(6-12-25)18-33-30(38)3-2-4-31(39)35-40/h5-16,27,29,32,36,40H,2-4,17-20H2,1H3,(H,33,38)(H,34,37)(H,35,39). The fourth-order valence-corrected chi connectivity index (χ4v) is 5.52. The van der Waals surface area contributed by atoms with Crippen LogP contribution in [0.1, 0.15) is 67.3 Å². The van der Waals surface area contributed by atoms with Crippen LogP contribution in [0.25, 0.3) is 0 Å². The molecular formula is C32H37N3O7S. The largest absolute Gasteiger partial charge is 0.392 e. The molecule has 3 atom stereocenters. The van der Waals surface area contributed by atoms with Gasteiger partial charge in [-0.3, -0.25) is 19.6 Å². The average Bonchev–Trinajstić information content (AvgIpc) is 3.03. The maximum Gasteiger partial charge on any atom is 0.243 e. The van der Waals surface area contributed by atoms with E-state index in [1.807, 2.05) is 72.8 Å². The van der Waals surface area contributed by atoms with Crippen LogP contribution in [-0.4, -0.2) is 39.9 Å². The SMILES string of the molecule is CC(=O)Nc1ccc(SCC2CC(c3ccc(CO)cc3)OC(c3ccc(CNC(=O)CCCC(=O)NO)cc3)O2)cc1. The van der Waals surface area contributed by atoms with Crippen LogP contribution >= 0.6 is 11.8 Å². The normalized spacial score (nSPS) is 18.1. The Hall–Kier alpha value is -3.74. The summed E-state index contributed by atoms with van der Waals surface area (Å²) in [5.74, 6) is -0.0961. The number of ether oxygens (including phenoxy) is 2. The van der Waals surface area contributed by atoms with Crippen molar-refractivity contribution in [2.24, 2.45) is 0 Å². The highest BCUT2D eigenvalue weighted by Crippen LogP contribution is 2.39. The molecule has 1 aliphatic heterocycles. The molecule has 0 saturated carbocycles. The Kier molecular flexibility index (Phi) is 12.1. The molecule has 3 aromatic carbocycles. The molecular weight excluding hydrogens is 570 g/mol. The summed E-state index contributed by atoms with van der Waals surface area (Å²) >= 11 is 1.67. The van der Waals surface area contributed by atoms with Crippen molar-refractivity contribution < 1.29 is 34.2 Å². The van der Waals surface area contributed by atoms with Gasteiger partial charge in [0, 0.05) is 54.6 Å². The second kappa shape index (κ2) is 16.2. The fourth-order valence-electron chi connectivity index (χ4n) is 4.60. The van der Waals surface area contributed by atoms with E-state index in [1.165, 1.54) is 6.92 Å². The number of thioether (sulfide) groups is 1. The van der Waals surface area contributed by atoms with E-state index in [-0.39, 0.29) is 43.5 Å². The van der Waals surface area contributed by atoms with Gasteiger partial charge in [-0.2, -0.15) is 0 Å². The Morgan fingerprint density at radius 1 is 0.860 bits per heavy atom. The molecule has 4 rings (SSSR count). The molecule has 0 radical (unpaired) electrons. The summed E-state index contributed by atoms with van der Waals surface area (Å²) in [6.07, 6.45) is 0.380. The summed E-state index contributed by atoms with van der Waals surface area (Å²) in [4.78, 5) is 35.6. The maximum atomic E-state index is 12.1. The Morgan fingerprint density at radius 3 is 2.16 bits per heavy atom. The van der Waals surface area contributed by atoms with Gasteiger partial charge in [0.15, 0.2) is 6.29 Å². The second-order valence-electron chi connectivity index (χ2n) is 10.3. The van der Waals surface area contributed by atoms with E-state index in [1.54, 1.807) is 17.2 Å². The van der Waals surface area contributed by atoms with Gasteiger partial charge in [0.1, 0.15) is 0 Å². The highest BCUT2D eigenvalue weighted by atomic mass is 32.2. The summed E-state index contributed by atoms with van der Waals surface area (Å²) < 4.78 is 12.8. The van der Waals surface area contributed by atoms with Gasteiger partial charge in [-0.1, -0.05) is 48.5 Å². The number of anilines is 1. The third-order valence-corrected chi connectivity index (χ3v) is 8.04. The zero-order valence-electron chi connectivity index (χ0n) is 24.0. The van der Waals surface area contributed by atoms with Gasteiger partial charge < -0.3 is 25.2 Å². The number of aliphatic hydroxyl groups is 1. The lowest BCUT2D eigenvalue weighted by Gasteiger charge is -2.36. The number of carbonyl (C=O) groups is 3. The number of amides is 3. The Bertz CT molecular complexity index is 1350. The lowest BCUT2D eigenvalue weighted by Crippen LogP contribution is -2.31. The molecule has 11 heteroatoms. The molecule has 1 aliphatic rings. The molecule has 10 nitrogen and oxygen atoms in total. The summed E-state index contributed by atoms with van der Waals surface area (Å²) in [6, 6.07) is 23.1. The highest BCUT2D eigenvalue weighted by molar-refractivity contribution is 7.99. The number of hydrogen-bond acceptors (Lipinski definition) is 8. The first kappa shape index (κ1) is 32.2. The summed E-state index contributed by atoms with van der Waals surface area (Å²) in [6.45, 7) is 1.80. The number of hydroxylamine groups is 1. The van der Waals surface area contributed by atoms with Crippen molar-refractivity contribution in [3.8, 4) is 0 Å². The number of nitrogens with one attached hydrogen (secondary N) is 3. The molecule has 1 heterocycles. The molecule has 228 valence electrons. The molecule has 0 spiro atoms. The number of aliphatic hydroxyl groups excluding tert-OH is 1. The molecule has 0 bridgehead atoms. The Labute approximate surface area is 255 Å². The molecule has 1 fully saturated rings. The van der Waals surface area contributed by atoms with Crippen LogP contribution in [0, 0.1) is 0 Å². The van der Waals surface area contributed by atoms with Crippen LogP contribution in [0.4, 0.5) is 5.69 Å². The Balaban J connectivity index is 1.39. The molecule has 1 saturated heterocycles. The minimum atomic E-state index is -0.592. The number of rotatable bonds is 13. The van der Waals surface area contributed by atoms with Gasteiger partial charge in [-0.15, -0.1) is 11.8 Å². The van der Waals surface area contributed by atoms with Crippen molar-refractivity contribution in [3.63, 3.8) is 0 Å². The topological polar surface area (TPSA) is 146 Å². The molecule has 43 heavy (non-hydrogen) atoms. The van der Waals surface area contributed by atoms with Crippen molar-refractivity contribution in [2.75, 3.05) is 11.1 Å². The molecule has 5 N–H and O–H groups in total. The van der Waals surface area contributed by atoms with Crippen molar-refractivity contribution in [1.82, 2.24) is 10.8 Å². The van der Waals surface area contributed by atoms with Crippen LogP contribution in [0.3, 0.4) is 0 Å². The van der Waals surface area contributed by atoms with Crippen LogP contribution in [0.15, 0.2) is 77.7 Å². The number of benzene rings is 3. The van der Waals surface area contributed by atoms with Gasteiger partial charge in [0.05, 0.1) is 18.8 Å². The van der Waals surface area contributed by atoms with Gasteiger partial charge in [-0.05, 0) is 47.4 Å². The third-order valence-electron chi connectivity index (χ3n) is 6.90. The van der Waals surface area contributed by atoms with Crippen LogP contribution in [0.5, 0.6) is 0 Å². The van der Waals surface area contributed by atoms with Crippen LogP contribution < -0.4 is 16.1 Å². The van der Waals surface area contributed by atoms with E-state index in [0.29, 0.717) is 25.1 Å².